The van der Waals surface area contributed by atoms with Crippen molar-refractivity contribution < 1.29 is 9.47 Å². The Morgan fingerprint density at radius 2 is 1.35 bits per heavy atom. The van der Waals surface area contributed by atoms with Crippen LogP contribution in [0.15, 0.2) is 65.7 Å². The number of hydrogen-bond donors (Lipinski definition) is 0. The van der Waals surface area contributed by atoms with Crippen LogP contribution in [0.3, 0.4) is 0 Å². The summed E-state index contributed by atoms with van der Waals surface area (Å²) in [5.74, 6) is 0.704. The van der Waals surface area contributed by atoms with E-state index in [1.807, 2.05) is 36.4 Å². The van der Waals surface area contributed by atoms with Gasteiger partial charge in [-0.2, -0.15) is 0 Å². The van der Waals surface area contributed by atoms with Crippen molar-refractivity contribution in [3.8, 4) is 0 Å². The Kier molecular flexibility index (Phi) is 2.94. The van der Waals surface area contributed by atoms with E-state index in [2.05, 4.69) is 45.0 Å². The van der Waals surface area contributed by atoms with Crippen molar-refractivity contribution in [1.82, 2.24) is 0 Å². The number of ether oxygens (including phenoxy) is 2. The molecule has 3 nitrogen and oxygen atoms in total. The first-order chi connectivity index (χ1) is 11.0. The maximum Gasteiger partial charge on any atom is 0.220 e. The lowest BCUT2D eigenvalue weighted by atomic mass is 9.81. The normalized spacial score (nSPS) is 27.2. The van der Waals surface area contributed by atoms with E-state index in [1.165, 1.54) is 0 Å². The van der Waals surface area contributed by atoms with Gasteiger partial charge in [-0.05, 0) is 31.9 Å². The SMILES string of the molecule is CC1(C)COC(C2(C)OC2(c2ccccc2)c2ccccc2)=N1. The Hall–Kier alpha value is -2.13. The van der Waals surface area contributed by atoms with Gasteiger partial charge in [0.2, 0.25) is 5.90 Å². The summed E-state index contributed by atoms with van der Waals surface area (Å²) in [6.45, 7) is 6.84. The predicted molar refractivity (Wildman–Crippen MR) is 90.6 cm³/mol. The van der Waals surface area contributed by atoms with Crippen molar-refractivity contribution in [2.45, 2.75) is 37.5 Å². The van der Waals surface area contributed by atoms with Gasteiger partial charge in [-0.3, -0.25) is 0 Å². The summed E-state index contributed by atoms with van der Waals surface area (Å²) in [6.07, 6.45) is 0. The smallest absolute Gasteiger partial charge is 0.220 e. The molecule has 23 heavy (non-hydrogen) atoms. The molecular weight excluding hydrogens is 286 g/mol. The molecule has 0 N–H and O–H groups in total. The quantitative estimate of drug-likeness (QED) is 0.805. The summed E-state index contributed by atoms with van der Waals surface area (Å²) in [5, 5.41) is 0. The minimum Gasteiger partial charge on any atom is -0.476 e. The zero-order chi connectivity index (χ0) is 16.1. The lowest BCUT2D eigenvalue weighted by Gasteiger charge is -2.18. The molecule has 0 amide bonds. The molecule has 1 saturated heterocycles. The summed E-state index contributed by atoms with van der Waals surface area (Å²) in [5.41, 5.74) is 0.969. The molecule has 0 radical (unpaired) electrons. The van der Waals surface area contributed by atoms with Crippen LogP contribution in [0.25, 0.3) is 0 Å². The first kappa shape index (κ1) is 14.5. The molecule has 2 aromatic carbocycles. The van der Waals surface area contributed by atoms with Crippen molar-refractivity contribution >= 4 is 5.90 Å². The summed E-state index contributed by atoms with van der Waals surface area (Å²) in [6, 6.07) is 20.7. The molecule has 1 atom stereocenters. The van der Waals surface area contributed by atoms with Gasteiger partial charge < -0.3 is 9.47 Å². The number of hydrogen-bond acceptors (Lipinski definition) is 3. The number of benzene rings is 2. The van der Waals surface area contributed by atoms with Crippen LogP contribution in [0.4, 0.5) is 0 Å². The monoisotopic (exact) mass is 307 g/mol. The van der Waals surface area contributed by atoms with Gasteiger partial charge in [-0.15, -0.1) is 0 Å². The molecular formula is C20H21NO2. The molecule has 2 aliphatic heterocycles. The van der Waals surface area contributed by atoms with E-state index in [-0.39, 0.29) is 5.54 Å². The van der Waals surface area contributed by atoms with Crippen molar-refractivity contribution in [3.63, 3.8) is 0 Å². The number of nitrogens with zero attached hydrogens (tertiary/aromatic N) is 1. The molecule has 2 aliphatic rings. The molecule has 4 rings (SSSR count). The molecule has 1 fully saturated rings. The van der Waals surface area contributed by atoms with E-state index in [0.717, 1.165) is 11.1 Å². The van der Waals surface area contributed by atoms with Crippen LogP contribution in [0, 0.1) is 0 Å². The van der Waals surface area contributed by atoms with E-state index in [4.69, 9.17) is 14.5 Å². The Labute approximate surface area is 137 Å². The van der Waals surface area contributed by atoms with E-state index in [0.29, 0.717) is 12.5 Å². The zero-order valence-corrected chi connectivity index (χ0v) is 13.7. The Balaban J connectivity index is 1.85. The van der Waals surface area contributed by atoms with Gasteiger partial charge >= 0.3 is 0 Å². The van der Waals surface area contributed by atoms with Crippen LogP contribution in [0.1, 0.15) is 31.9 Å². The second-order valence-corrected chi connectivity index (χ2v) is 7.07. The van der Waals surface area contributed by atoms with Gasteiger partial charge in [0.1, 0.15) is 6.61 Å². The third-order valence-corrected chi connectivity index (χ3v) is 4.72. The second kappa shape index (κ2) is 4.68. The van der Waals surface area contributed by atoms with Gasteiger partial charge in [-0.25, -0.2) is 4.99 Å². The summed E-state index contributed by atoms with van der Waals surface area (Å²) in [7, 11) is 0. The van der Waals surface area contributed by atoms with Gasteiger partial charge in [0.25, 0.3) is 0 Å². The molecule has 118 valence electrons. The van der Waals surface area contributed by atoms with E-state index in [9.17, 15) is 0 Å². The number of epoxide rings is 1. The highest BCUT2D eigenvalue weighted by atomic mass is 16.7. The molecule has 0 spiro atoms. The minimum absolute atomic E-state index is 0.191. The average Bonchev–Trinajstić information content (AvgIpc) is 3.05. The van der Waals surface area contributed by atoms with Crippen LogP contribution in [-0.2, 0) is 15.1 Å². The molecule has 3 heteroatoms. The van der Waals surface area contributed by atoms with Crippen molar-refractivity contribution in [2.24, 2.45) is 4.99 Å². The topological polar surface area (TPSA) is 34.1 Å². The molecule has 0 bridgehead atoms. The Bertz CT molecular complexity index is 712. The fourth-order valence-corrected chi connectivity index (χ4v) is 3.48. The summed E-state index contributed by atoms with van der Waals surface area (Å²) < 4.78 is 12.3. The lowest BCUT2D eigenvalue weighted by Crippen LogP contribution is -2.31. The molecule has 0 saturated carbocycles. The van der Waals surface area contributed by atoms with Crippen molar-refractivity contribution in [3.05, 3.63) is 71.8 Å². The molecule has 2 heterocycles. The summed E-state index contributed by atoms with van der Waals surface area (Å²) >= 11 is 0. The highest BCUT2D eigenvalue weighted by Crippen LogP contribution is 2.61. The van der Waals surface area contributed by atoms with Crippen molar-refractivity contribution in [1.29, 1.82) is 0 Å². The first-order valence-electron chi connectivity index (χ1n) is 8.02. The van der Waals surface area contributed by atoms with Crippen LogP contribution in [-0.4, -0.2) is 23.6 Å². The highest BCUT2D eigenvalue weighted by molar-refractivity contribution is 5.92. The van der Waals surface area contributed by atoms with Crippen LogP contribution < -0.4 is 0 Å². The molecule has 2 aromatic rings. The second-order valence-electron chi connectivity index (χ2n) is 7.07. The van der Waals surface area contributed by atoms with Crippen LogP contribution in [0.5, 0.6) is 0 Å². The third-order valence-electron chi connectivity index (χ3n) is 4.72. The van der Waals surface area contributed by atoms with Crippen molar-refractivity contribution in [2.75, 3.05) is 6.61 Å². The molecule has 0 aliphatic carbocycles. The van der Waals surface area contributed by atoms with E-state index >= 15 is 0 Å². The fourth-order valence-electron chi connectivity index (χ4n) is 3.48. The largest absolute Gasteiger partial charge is 0.476 e. The average molecular weight is 307 g/mol. The highest BCUT2D eigenvalue weighted by Gasteiger charge is 2.73. The number of aliphatic imine (C=N–C) groups is 1. The Morgan fingerprint density at radius 1 is 0.826 bits per heavy atom. The first-order valence-corrected chi connectivity index (χ1v) is 8.02. The standard InChI is InChI=1S/C20H21NO2/c1-18(2)14-22-17(21-18)19(3)20(23-19,15-10-6-4-7-11-15)16-12-8-5-9-13-16/h4-13H,14H2,1-3H3. The minimum atomic E-state index is -0.566. The van der Waals surface area contributed by atoms with Crippen LogP contribution in [0.2, 0.25) is 0 Å². The molecule has 0 aromatic heterocycles. The predicted octanol–water partition coefficient (Wildman–Crippen LogP) is 3.93. The third kappa shape index (κ3) is 2.03. The fraction of sp³-hybridized carbons (Fsp3) is 0.350. The van der Waals surface area contributed by atoms with Gasteiger partial charge in [-0.1, -0.05) is 60.7 Å². The zero-order valence-electron chi connectivity index (χ0n) is 13.7. The van der Waals surface area contributed by atoms with Gasteiger partial charge in [0.15, 0.2) is 11.2 Å². The maximum absolute atomic E-state index is 6.39. The lowest BCUT2D eigenvalue weighted by molar-refractivity contribution is 0.248. The molecule has 1 unspecified atom stereocenters. The van der Waals surface area contributed by atoms with Crippen LogP contribution >= 0.6 is 0 Å². The number of rotatable bonds is 3. The van der Waals surface area contributed by atoms with Gasteiger partial charge in [0.05, 0.1) is 5.54 Å². The van der Waals surface area contributed by atoms with Gasteiger partial charge in [0, 0.05) is 0 Å². The Morgan fingerprint density at radius 3 is 1.78 bits per heavy atom. The van der Waals surface area contributed by atoms with E-state index < -0.39 is 11.2 Å². The summed E-state index contributed by atoms with van der Waals surface area (Å²) in [4.78, 5) is 4.77. The maximum atomic E-state index is 6.39. The van der Waals surface area contributed by atoms with E-state index in [1.54, 1.807) is 0 Å².